The molecule has 1 aliphatic rings. The van der Waals surface area contributed by atoms with Gasteiger partial charge in [-0.15, -0.1) is 0 Å². The first-order valence-corrected chi connectivity index (χ1v) is 8.38. The van der Waals surface area contributed by atoms with E-state index < -0.39 is 4.92 Å². The fourth-order valence-electron chi connectivity index (χ4n) is 2.94. The van der Waals surface area contributed by atoms with Crippen LogP contribution in [0.15, 0.2) is 42.5 Å². The number of piperazine rings is 1. The van der Waals surface area contributed by atoms with Crippen molar-refractivity contribution in [3.05, 3.63) is 68.7 Å². The summed E-state index contributed by atoms with van der Waals surface area (Å²) in [5.41, 5.74) is 1.96. The van der Waals surface area contributed by atoms with Gasteiger partial charge in [0.25, 0.3) is 11.6 Å². The molecule has 1 aliphatic heterocycles. The Morgan fingerprint density at radius 1 is 1.08 bits per heavy atom. The van der Waals surface area contributed by atoms with Crippen molar-refractivity contribution in [1.29, 1.82) is 0 Å². The average Bonchev–Trinajstić information content (AvgIpc) is 2.62. The first-order valence-electron chi connectivity index (χ1n) is 8.00. The summed E-state index contributed by atoms with van der Waals surface area (Å²) >= 11 is 5.91. The zero-order valence-electron chi connectivity index (χ0n) is 13.8. The largest absolute Gasteiger partial charge is 0.368 e. The maximum Gasteiger partial charge on any atom is 0.273 e. The third-order valence-corrected chi connectivity index (χ3v) is 4.66. The second-order valence-corrected chi connectivity index (χ2v) is 6.45. The lowest BCUT2D eigenvalue weighted by Crippen LogP contribution is -2.48. The fraction of sp³-hybridized carbons (Fsp3) is 0.278. The molecule has 0 spiro atoms. The topological polar surface area (TPSA) is 66.7 Å². The Balaban J connectivity index is 1.68. The van der Waals surface area contributed by atoms with Gasteiger partial charge in [-0.25, -0.2) is 0 Å². The van der Waals surface area contributed by atoms with E-state index in [4.69, 9.17) is 11.6 Å². The van der Waals surface area contributed by atoms with E-state index in [1.165, 1.54) is 6.07 Å². The number of benzene rings is 2. The molecule has 1 amide bonds. The minimum Gasteiger partial charge on any atom is -0.368 e. The summed E-state index contributed by atoms with van der Waals surface area (Å²) in [6, 6.07) is 12.3. The standard InChI is InChI=1S/C18H18ClN3O3/c1-13-2-3-14(12-17(13)22(24)25)18(23)21-10-8-20(9-11-21)16-6-4-15(19)5-7-16/h2-7,12H,8-11H2,1H3. The summed E-state index contributed by atoms with van der Waals surface area (Å²) < 4.78 is 0. The van der Waals surface area contributed by atoms with Crippen molar-refractivity contribution in [2.75, 3.05) is 31.1 Å². The normalized spacial score (nSPS) is 14.5. The van der Waals surface area contributed by atoms with Crippen molar-refractivity contribution in [3.8, 4) is 0 Å². The van der Waals surface area contributed by atoms with Gasteiger partial charge in [0.15, 0.2) is 0 Å². The number of halogens is 1. The van der Waals surface area contributed by atoms with Gasteiger partial charge in [-0.2, -0.15) is 0 Å². The molecular weight excluding hydrogens is 342 g/mol. The van der Waals surface area contributed by atoms with E-state index in [9.17, 15) is 14.9 Å². The molecular formula is C18H18ClN3O3. The number of hydrogen-bond donors (Lipinski definition) is 0. The Labute approximate surface area is 150 Å². The summed E-state index contributed by atoms with van der Waals surface area (Å²) in [6.45, 7) is 4.23. The summed E-state index contributed by atoms with van der Waals surface area (Å²) in [6.07, 6.45) is 0. The molecule has 1 heterocycles. The lowest BCUT2D eigenvalue weighted by molar-refractivity contribution is -0.385. The zero-order chi connectivity index (χ0) is 18.0. The molecule has 1 saturated heterocycles. The van der Waals surface area contributed by atoms with Gasteiger partial charge in [0.1, 0.15) is 0 Å². The predicted molar refractivity (Wildman–Crippen MR) is 97.4 cm³/mol. The van der Waals surface area contributed by atoms with E-state index in [2.05, 4.69) is 4.90 Å². The minimum atomic E-state index is -0.454. The van der Waals surface area contributed by atoms with Crippen molar-refractivity contribution in [3.63, 3.8) is 0 Å². The molecule has 25 heavy (non-hydrogen) atoms. The Hall–Kier alpha value is -2.60. The average molecular weight is 360 g/mol. The SMILES string of the molecule is Cc1ccc(C(=O)N2CCN(c3ccc(Cl)cc3)CC2)cc1[N+](=O)[O-]. The van der Waals surface area contributed by atoms with Gasteiger partial charge in [-0.3, -0.25) is 14.9 Å². The molecule has 0 N–H and O–H groups in total. The highest BCUT2D eigenvalue weighted by molar-refractivity contribution is 6.30. The predicted octanol–water partition coefficient (Wildman–Crippen LogP) is 3.52. The third-order valence-electron chi connectivity index (χ3n) is 4.41. The molecule has 130 valence electrons. The quantitative estimate of drug-likeness (QED) is 0.621. The van der Waals surface area contributed by atoms with Crippen LogP contribution in [0.2, 0.25) is 5.02 Å². The maximum absolute atomic E-state index is 12.6. The van der Waals surface area contributed by atoms with Gasteiger partial charge >= 0.3 is 0 Å². The summed E-state index contributed by atoms with van der Waals surface area (Å²) in [5, 5.41) is 11.8. The third kappa shape index (κ3) is 3.74. The van der Waals surface area contributed by atoms with Crippen molar-refractivity contribution in [1.82, 2.24) is 4.90 Å². The number of nitro benzene ring substituents is 1. The Bertz CT molecular complexity index is 800. The first-order chi connectivity index (χ1) is 12.0. The van der Waals surface area contributed by atoms with E-state index in [1.54, 1.807) is 24.0 Å². The number of carbonyl (C=O) groups is 1. The Morgan fingerprint density at radius 2 is 1.72 bits per heavy atom. The molecule has 3 rings (SSSR count). The molecule has 6 nitrogen and oxygen atoms in total. The molecule has 7 heteroatoms. The van der Waals surface area contributed by atoms with Gasteiger partial charge in [-0.1, -0.05) is 17.7 Å². The number of carbonyl (C=O) groups excluding carboxylic acids is 1. The van der Waals surface area contributed by atoms with Crippen LogP contribution in [0.4, 0.5) is 11.4 Å². The molecule has 0 bridgehead atoms. The van der Waals surface area contributed by atoms with E-state index in [0.717, 1.165) is 5.69 Å². The highest BCUT2D eigenvalue weighted by Gasteiger charge is 2.24. The molecule has 2 aromatic carbocycles. The molecule has 0 aromatic heterocycles. The summed E-state index contributed by atoms with van der Waals surface area (Å²) in [4.78, 5) is 27.2. The van der Waals surface area contributed by atoms with Crippen molar-refractivity contribution < 1.29 is 9.72 Å². The van der Waals surface area contributed by atoms with Crippen LogP contribution in [-0.4, -0.2) is 41.9 Å². The number of rotatable bonds is 3. The zero-order valence-corrected chi connectivity index (χ0v) is 14.6. The smallest absolute Gasteiger partial charge is 0.273 e. The fourth-order valence-corrected chi connectivity index (χ4v) is 3.07. The van der Waals surface area contributed by atoms with Gasteiger partial charge < -0.3 is 9.80 Å². The highest BCUT2D eigenvalue weighted by Crippen LogP contribution is 2.22. The van der Waals surface area contributed by atoms with Crippen LogP contribution in [-0.2, 0) is 0 Å². The number of nitrogens with zero attached hydrogens (tertiary/aromatic N) is 3. The van der Waals surface area contributed by atoms with Crippen LogP contribution < -0.4 is 4.90 Å². The van der Waals surface area contributed by atoms with Crippen LogP contribution in [0.5, 0.6) is 0 Å². The Morgan fingerprint density at radius 3 is 2.32 bits per heavy atom. The number of amides is 1. The van der Waals surface area contributed by atoms with Crippen LogP contribution >= 0.6 is 11.6 Å². The summed E-state index contributed by atoms with van der Waals surface area (Å²) in [5.74, 6) is -0.168. The second kappa shape index (κ2) is 7.11. The van der Waals surface area contributed by atoms with E-state index in [0.29, 0.717) is 42.3 Å². The van der Waals surface area contributed by atoms with Gasteiger partial charge in [0.2, 0.25) is 0 Å². The van der Waals surface area contributed by atoms with Gasteiger partial charge in [0, 0.05) is 54.1 Å². The van der Waals surface area contributed by atoms with Crippen molar-refractivity contribution >= 4 is 28.9 Å². The van der Waals surface area contributed by atoms with Gasteiger partial charge in [0.05, 0.1) is 4.92 Å². The van der Waals surface area contributed by atoms with Crippen LogP contribution in [0.25, 0.3) is 0 Å². The first kappa shape index (κ1) is 17.2. The van der Waals surface area contributed by atoms with Crippen molar-refractivity contribution in [2.45, 2.75) is 6.92 Å². The van der Waals surface area contributed by atoms with E-state index in [1.807, 2.05) is 24.3 Å². The number of hydrogen-bond acceptors (Lipinski definition) is 4. The minimum absolute atomic E-state index is 0.0225. The monoisotopic (exact) mass is 359 g/mol. The number of aryl methyl sites for hydroxylation is 1. The molecule has 2 aromatic rings. The van der Waals surface area contributed by atoms with E-state index >= 15 is 0 Å². The molecule has 0 atom stereocenters. The van der Waals surface area contributed by atoms with Crippen LogP contribution in [0.1, 0.15) is 15.9 Å². The Kier molecular flexibility index (Phi) is 4.90. The number of nitro groups is 1. The molecule has 1 fully saturated rings. The lowest BCUT2D eigenvalue weighted by atomic mass is 10.1. The molecule has 0 saturated carbocycles. The molecule has 0 aliphatic carbocycles. The lowest BCUT2D eigenvalue weighted by Gasteiger charge is -2.36. The number of anilines is 1. The van der Waals surface area contributed by atoms with Gasteiger partial charge in [-0.05, 0) is 37.3 Å². The molecule has 0 unspecified atom stereocenters. The van der Waals surface area contributed by atoms with E-state index in [-0.39, 0.29) is 11.6 Å². The van der Waals surface area contributed by atoms with Crippen LogP contribution in [0.3, 0.4) is 0 Å². The van der Waals surface area contributed by atoms with Crippen LogP contribution in [0, 0.1) is 17.0 Å². The molecule has 0 radical (unpaired) electrons. The summed E-state index contributed by atoms with van der Waals surface area (Å²) in [7, 11) is 0. The second-order valence-electron chi connectivity index (χ2n) is 6.01. The highest BCUT2D eigenvalue weighted by atomic mass is 35.5. The van der Waals surface area contributed by atoms with Crippen molar-refractivity contribution in [2.24, 2.45) is 0 Å². The maximum atomic E-state index is 12.6.